The standard InChI is InChI=1S/C21H26N2O3S/c1-26-19-9-5-8-18(12-19)14-23-11-10-22(13-17-6-3-2-4-7-17)20-15-27(24,25)16-21(20)23/h2-9,12,20-21H,10-11,13-16H2,1H3/t20-,21+/m1/s1. The van der Waals surface area contributed by atoms with Crippen LogP contribution in [-0.2, 0) is 22.9 Å². The van der Waals surface area contributed by atoms with Crippen LogP contribution in [0.3, 0.4) is 0 Å². The number of hydrogen-bond acceptors (Lipinski definition) is 5. The van der Waals surface area contributed by atoms with Crippen molar-refractivity contribution in [1.29, 1.82) is 0 Å². The van der Waals surface area contributed by atoms with Crippen LogP contribution in [0.15, 0.2) is 54.6 Å². The SMILES string of the molecule is COc1cccc(CN2CCN(Cc3ccccc3)[C@@H]3CS(=O)(=O)C[C@@H]32)c1. The highest BCUT2D eigenvalue weighted by molar-refractivity contribution is 7.91. The molecule has 0 spiro atoms. The summed E-state index contributed by atoms with van der Waals surface area (Å²) in [7, 11) is -1.33. The number of benzene rings is 2. The molecule has 27 heavy (non-hydrogen) atoms. The van der Waals surface area contributed by atoms with Gasteiger partial charge in [-0.15, -0.1) is 0 Å². The third kappa shape index (κ3) is 4.18. The number of fused-ring (bicyclic) bond motifs is 1. The number of sulfone groups is 1. The van der Waals surface area contributed by atoms with E-state index >= 15 is 0 Å². The summed E-state index contributed by atoms with van der Waals surface area (Å²) in [5.74, 6) is 1.36. The van der Waals surface area contributed by atoms with Crippen molar-refractivity contribution in [2.45, 2.75) is 25.2 Å². The summed E-state index contributed by atoms with van der Waals surface area (Å²) in [4.78, 5) is 4.69. The number of ether oxygens (including phenoxy) is 1. The zero-order valence-electron chi connectivity index (χ0n) is 15.6. The Morgan fingerprint density at radius 1 is 0.889 bits per heavy atom. The molecule has 0 N–H and O–H groups in total. The lowest BCUT2D eigenvalue weighted by Crippen LogP contribution is -2.58. The van der Waals surface area contributed by atoms with E-state index in [1.807, 2.05) is 36.4 Å². The Balaban J connectivity index is 1.53. The van der Waals surface area contributed by atoms with Crippen molar-refractivity contribution in [3.05, 3.63) is 65.7 Å². The summed E-state index contributed by atoms with van der Waals surface area (Å²) < 4.78 is 30.2. The first-order valence-electron chi connectivity index (χ1n) is 9.39. The zero-order chi connectivity index (χ0) is 18.9. The van der Waals surface area contributed by atoms with Crippen LogP contribution in [0, 0.1) is 0 Å². The molecule has 0 aromatic heterocycles. The van der Waals surface area contributed by atoms with Gasteiger partial charge in [0, 0.05) is 38.3 Å². The second kappa shape index (κ2) is 7.62. The molecule has 0 aliphatic carbocycles. The molecule has 2 fully saturated rings. The molecule has 4 rings (SSSR count). The molecular weight excluding hydrogens is 360 g/mol. The van der Waals surface area contributed by atoms with Crippen LogP contribution in [-0.4, -0.2) is 62.0 Å². The van der Waals surface area contributed by atoms with Crippen molar-refractivity contribution in [3.63, 3.8) is 0 Å². The molecule has 2 aromatic rings. The maximum Gasteiger partial charge on any atom is 0.153 e. The van der Waals surface area contributed by atoms with Crippen molar-refractivity contribution in [2.75, 3.05) is 31.7 Å². The van der Waals surface area contributed by atoms with Gasteiger partial charge in [-0.2, -0.15) is 0 Å². The molecule has 6 heteroatoms. The van der Waals surface area contributed by atoms with Crippen molar-refractivity contribution >= 4 is 9.84 Å². The van der Waals surface area contributed by atoms with Gasteiger partial charge in [0.05, 0.1) is 18.6 Å². The summed E-state index contributed by atoms with van der Waals surface area (Å²) in [6.07, 6.45) is 0. The summed E-state index contributed by atoms with van der Waals surface area (Å²) >= 11 is 0. The van der Waals surface area contributed by atoms with Crippen LogP contribution >= 0.6 is 0 Å². The second-order valence-electron chi connectivity index (χ2n) is 7.49. The van der Waals surface area contributed by atoms with Crippen LogP contribution in [0.2, 0.25) is 0 Å². The van der Waals surface area contributed by atoms with Gasteiger partial charge in [-0.25, -0.2) is 8.42 Å². The van der Waals surface area contributed by atoms with Gasteiger partial charge in [0.25, 0.3) is 0 Å². The quantitative estimate of drug-likeness (QED) is 0.788. The Morgan fingerprint density at radius 3 is 2.11 bits per heavy atom. The third-order valence-corrected chi connectivity index (χ3v) is 7.35. The maximum absolute atomic E-state index is 12.4. The smallest absolute Gasteiger partial charge is 0.153 e. The zero-order valence-corrected chi connectivity index (χ0v) is 16.4. The molecule has 0 bridgehead atoms. The van der Waals surface area contributed by atoms with E-state index in [0.717, 1.165) is 37.5 Å². The van der Waals surface area contributed by atoms with Crippen molar-refractivity contribution in [1.82, 2.24) is 9.80 Å². The second-order valence-corrected chi connectivity index (χ2v) is 9.64. The van der Waals surface area contributed by atoms with E-state index in [2.05, 4.69) is 28.0 Å². The van der Waals surface area contributed by atoms with E-state index in [0.29, 0.717) is 0 Å². The fourth-order valence-corrected chi connectivity index (χ4v) is 6.36. The minimum Gasteiger partial charge on any atom is -0.497 e. The van der Waals surface area contributed by atoms with Gasteiger partial charge in [0.2, 0.25) is 0 Å². The van der Waals surface area contributed by atoms with Crippen LogP contribution in [0.25, 0.3) is 0 Å². The van der Waals surface area contributed by atoms with Gasteiger partial charge in [-0.05, 0) is 23.3 Å². The van der Waals surface area contributed by atoms with Gasteiger partial charge < -0.3 is 4.74 Å². The predicted molar refractivity (Wildman–Crippen MR) is 106 cm³/mol. The minimum absolute atomic E-state index is 0.0543. The van der Waals surface area contributed by atoms with Crippen LogP contribution in [0.5, 0.6) is 5.75 Å². The van der Waals surface area contributed by atoms with Crippen molar-refractivity contribution < 1.29 is 13.2 Å². The Morgan fingerprint density at radius 2 is 1.48 bits per heavy atom. The average molecular weight is 387 g/mol. The topological polar surface area (TPSA) is 49.9 Å². The minimum atomic E-state index is -3.00. The van der Waals surface area contributed by atoms with Gasteiger partial charge in [0.1, 0.15) is 5.75 Å². The summed E-state index contributed by atoms with van der Waals surface area (Å²) in [5.41, 5.74) is 2.40. The lowest BCUT2D eigenvalue weighted by atomic mass is 10.0. The molecule has 0 saturated carbocycles. The predicted octanol–water partition coefficient (Wildman–Crippen LogP) is 2.18. The number of rotatable bonds is 5. The number of piperazine rings is 1. The summed E-state index contributed by atoms with van der Waals surface area (Å²) in [6.45, 7) is 3.33. The molecule has 2 aromatic carbocycles. The highest BCUT2D eigenvalue weighted by Gasteiger charge is 2.46. The third-order valence-electron chi connectivity index (χ3n) is 5.65. The lowest BCUT2D eigenvalue weighted by Gasteiger charge is -2.44. The summed E-state index contributed by atoms with van der Waals surface area (Å²) in [6, 6.07) is 18.5. The van der Waals surface area contributed by atoms with Gasteiger partial charge >= 0.3 is 0 Å². The highest BCUT2D eigenvalue weighted by Crippen LogP contribution is 2.29. The fourth-order valence-electron chi connectivity index (χ4n) is 4.31. The Hall–Kier alpha value is -1.89. The molecule has 144 valence electrons. The monoisotopic (exact) mass is 386 g/mol. The van der Waals surface area contributed by atoms with Gasteiger partial charge in [0.15, 0.2) is 9.84 Å². The fraction of sp³-hybridized carbons (Fsp3) is 0.429. The Labute approximate surface area is 161 Å². The molecule has 2 aliphatic heterocycles. The van der Waals surface area contributed by atoms with E-state index in [9.17, 15) is 8.42 Å². The highest BCUT2D eigenvalue weighted by atomic mass is 32.2. The molecular formula is C21H26N2O3S. The average Bonchev–Trinajstić information content (AvgIpc) is 3.01. The van der Waals surface area contributed by atoms with Gasteiger partial charge in [-0.3, -0.25) is 9.80 Å². The first-order chi connectivity index (χ1) is 13.0. The molecule has 2 atom stereocenters. The van der Waals surface area contributed by atoms with Crippen LogP contribution in [0.4, 0.5) is 0 Å². The van der Waals surface area contributed by atoms with E-state index in [4.69, 9.17) is 4.74 Å². The van der Waals surface area contributed by atoms with Crippen molar-refractivity contribution in [3.8, 4) is 5.75 Å². The van der Waals surface area contributed by atoms with Crippen LogP contribution < -0.4 is 4.74 Å². The molecule has 0 amide bonds. The summed E-state index contributed by atoms with van der Waals surface area (Å²) in [5, 5.41) is 0. The first-order valence-corrected chi connectivity index (χ1v) is 11.2. The first kappa shape index (κ1) is 18.5. The molecule has 5 nitrogen and oxygen atoms in total. The Kier molecular flexibility index (Phi) is 5.21. The van der Waals surface area contributed by atoms with E-state index in [1.54, 1.807) is 7.11 Å². The molecule has 2 heterocycles. The number of hydrogen-bond donors (Lipinski definition) is 0. The lowest BCUT2D eigenvalue weighted by molar-refractivity contribution is 0.0355. The van der Waals surface area contributed by atoms with E-state index in [1.165, 1.54) is 5.56 Å². The van der Waals surface area contributed by atoms with Gasteiger partial charge in [-0.1, -0.05) is 42.5 Å². The maximum atomic E-state index is 12.4. The van der Waals surface area contributed by atoms with Crippen LogP contribution in [0.1, 0.15) is 11.1 Å². The van der Waals surface area contributed by atoms with E-state index < -0.39 is 9.84 Å². The molecule has 2 aliphatic rings. The largest absolute Gasteiger partial charge is 0.497 e. The molecule has 2 saturated heterocycles. The number of methoxy groups -OCH3 is 1. The Bertz CT molecular complexity index is 885. The molecule has 0 radical (unpaired) electrons. The number of nitrogens with zero attached hydrogens (tertiary/aromatic N) is 2. The molecule has 0 unspecified atom stereocenters. The van der Waals surface area contributed by atoms with E-state index in [-0.39, 0.29) is 23.6 Å². The van der Waals surface area contributed by atoms with Crippen molar-refractivity contribution in [2.24, 2.45) is 0 Å². The normalized spacial score (nSPS) is 25.2.